The number of piperidine rings is 1. The zero-order valence-electron chi connectivity index (χ0n) is 17.4. The lowest BCUT2D eigenvalue weighted by Gasteiger charge is -2.26. The van der Waals surface area contributed by atoms with Crippen molar-refractivity contribution in [3.63, 3.8) is 0 Å². The predicted octanol–water partition coefficient (Wildman–Crippen LogP) is 3.32. The number of rotatable bonds is 7. The number of nitrogens with one attached hydrogen (secondary N) is 1. The molecule has 0 atom stereocenters. The molecule has 1 aliphatic heterocycles. The van der Waals surface area contributed by atoms with E-state index in [1.807, 2.05) is 6.07 Å². The molecule has 10 heteroatoms. The first kappa shape index (κ1) is 23.1. The van der Waals surface area contributed by atoms with E-state index in [-0.39, 0.29) is 27.3 Å². The molecule has 1 heterocycles. The Morgan fingerprint density at radius 1 is 0.968 bits per heavy atom. The molecule has 166 valence electrons. The summed E-state index contributed by atoms with van der Waals surface area (Å²) < 4.78 is 61.5. The third-order valence-electron chi connectivity index (χ3n) is 4.80. The lowest BCUT2D eigenvalue weighted by atomic mass is 10.2. The molecule has 0 aliphatic carbocycles. The second-order valence-corrected chi connectivity index (χ2v) is 11.2. The van der Waals surface area contributed by atoms with Crippen LogP contribution in [0.5, 0.6) is 5.75 Å². The van der Waals surface area contributed by atoms with Gasteiger partial charge in [0.2, 0.25) is 10.0 Å². The molecule has 1 aliphatic rings. The van der Waals surface area contributed by atoms with Gasteiger partial charge in [-0.3, -0.25) is 4.72 Å². The second-order valence-electron chi connectivity index (χ2n) is 7.53. The van der Waals surface area contributed by atoms with E-state index in [1.54, 1.807) is 13.8 Å². The summed E-state index contributed by atoms with van der Waals surface area (Å²) in [6.45, 7) is 4.46. The first-order valence-electron chi connectivity index (χ1n) is 9.97. The van der Waals surface area contributed by atoms with Crippen LogP contribution in [-0.4, -0.2) is 40.3 Å². The maximum Gasteiger partial charge on any atom is 0.262 e. The predicted molar refractivity (Wildman–Crippen MR) is 117 cm³/mol. The summed E-state index contributed by atoms with van der Waals surface area (Å²) >= 11 is 0. The molecule has 1 saturated heterocycles. The average Bonchev–Trinajstić information content (AvgIpc) is 2.75. The largest absolute Gasteiger partial charge is 0.489 e. The van der Waals surface area contributed by atoms with Crippen LogP contribution < -0.4 is 9.46 Å². The van der Waals surface area contributed by atoms with Crippen molar-refractivity contribution >= 4 is 25.7 Å². The molecule has 0 radical (unpaired) electrons. The highest BCUT2D eigenvalue weighted by Crippen LogP contribution is 2.32. The molecule has 2 aromatic rings. The van der Waals surface area contributed by atoms with Crippen molar-refractivity contribution in [1.82, 2.24) is 4.31 Å². The van der Waals surface area contributed by atoms with E-state index in [1.165, 1.54) is 46.8 Å². The number of nitrogens with zero attached hydrogens (tertiary/aromatic N) is 2. The number of sulfonamides is 2. The minimum absolute atomic E-state index is 0.00281. The number of benzene rings is 2. The molecule has 1 N–H and O–H groups in total. The average molecular weight is 464 g/mol. The number of ether oxygens (including phenoxy) is 1. The van der Waals surface area contributed by atoms with Crippen LogP contribution in [0.1, 0.15) is 38.7 Å². The Balaban J connectivity index is 1.99. The molecule has 8 nitrogen and oxygen atoms in total. The van der Waals surface area contributed by atoms with Crippen molar-refractivity contribution in [2.75, 3.05) is 17.8 Å². The molecule has 2 aromatic carbocycles. The van der Waals surface area contributed by atoms with E-state index in [9.17, 15) is 16.8 Å². The fraction of sp³-hybridized carbons (Fsp3) is 0.381. The molecule has 0 amide bonds. The monoisotopic (exact) mass is 463 g/mol. The summed E-state index contributed by atoms with van der Waals surface area (Å²) in [7, 11) is -7.78. The number of hydrogen-bond donors (Lipinski definition) is 1. The second kappa shape index (κ2) is 9.26. The molecule has 31 heavy (non-hydrogen) atoms. The topological polar surface area (TPSA) is 117 Å². The van der Waals surface area contributed by atoms with E-state index < -0.39 is 20.0 Å². The van der Waals surface area contributed by atoms with Crippen LogP contribution in [0.15, 0.2) is 52.3 Å². The maximum absolute atomic E-state index is 13.1. The van der Waals surface area contributed by atoms with Gasteiger partial charge in [-0.05, 0) is 69.2 Å². The van der Waals surface area contributed by atoms with Crippen LogP contribution in [0, 0.1) is 11.3 Å². The van der Waals surface area contributed by atoms with Gasteiger partial charge in [0.25, 0.3) is 10.0 Å². The van der Waals surface area contributed by atoms with E-state index in [4.69, 9.17) is 10.00 Å². The van der Waals surface area contributed by atoms with E-state index in [0.29, 0.717) is 18.7 Å². The van der Waals surface area contributed by atoms with Gasteiger partial charge < -0.3 is 4.74 Å². The van der Waals surface area contributed by atoms with Gasteiger partial charge in [0.1, 0.15) is 5.75 Å². The molecule has 0 aromatic heterocycles. The Kier molecular flexibility index (Phi) is 6.89. The van der Waals surface area contributed by atoms with Crippen LogP contribution in [0.3, 0.4) is 0 Å². The Morgan fingerprint density at radius 2 is 1.58 bits per heavy atom. The van der Waals surface area contributed by atoms with Gasteiger partial charge in [-0.1, -0.05) is 6.42 Å². The van der Waals surface area contributed by atoms with Gasteiger partial charge in [-0.15, -0.1) is 0 Å². The van der Waals surface area contributed by atoms with Crippen molar-refractivity contribution in [3.05, 3.63) is 48.0 Å². The number of anilines is 1. The standard InChI is InChI=1S/C21H25N3O5S2/c1-16(2)29-21-11-10-19(31(27,28)24-12-4-3-5-13-24)14-20(21)23-30(25,26)18-8-6-17(15-22)7-9-18/h6-11,14,16,23H,3-5,12-13H2,1-2H3. The molecule has 0 spiro atoms. The van der Waals surface area contributed by atoms with Crippen LogP contribution in [0.4, 0.5) is 5.69 Å². The van der Waals surface area contributed by atoms with Crippen molar-refractivity contribution in [2.45, 2.75) is 49.0 Å². The van der Waals surface area contributed by atoms with Gasteiger partial charge in [0.15, 0.2) is 0 Å². The van der Waals surface area contributed by atoms with E-state index in [2.05, 4.69) is 4.72 Å². The third-order valence-corrected chi connectivity index (χ3v) is 8.08. The molecule has 3 rings (SSSR count). The fourth-order valence-electron chi connectivity index (χ4n) is 3.27. The van der Waals surface area contributed by atoms with Gasteiger partial charge in [0, 0.05) is 13.1 Å². The Labute approximate surface area is 183 Å². The van der Waals surface area contributed by atoms with Crippen molar-refractivity contribution in [1.29, 1.82) is 5.26 Å². The minimum atomic E-state index is -4.03. The van der Waals surface area contributed by atoms with Crippen LogP contribution in [-0.2, 0) is 20.0 Å². The molecular formula is C21H25N3O5S2. The highest BCUT2D eigenvalue weighted by Gasteiger charge is 2.27. The van der Waals surface area contributed by atoms with Gasteiger partial charge in [0.05, 0.1) is 33.2 Å². The molecule has 0 bridgehead atoms. The molecule has 0 saturated carbocycles. The fourth-order valence-corrected chi connectivity index (χ4v) is 5.88. The summed E-state index contributed by atoms with van der Waals surface area (Å²) in [6.07, 6.45) is 2.34. The Morgan fingerprint density at radius 3 is 2.16 bits per heavy atom. The summed E-state index contributed by atoms with van der Waals surface area (Å²) in [5.41, 5.74) is 0.369. The van der Waals surface area contributed by atoms with Crippen molar-refractivity contribution in [2.24, 2.45) is 0 Å². The van der Waals surface area contributed by atoms with Crippen molar-refractivity contribution < 1.29 is 21.6 Å². The Bertz CT molecular complexity index is 1180. The smallest absolute Gasteiger partial charge is 0.262 e. The van der Waals surface area contributed by atoms with Crippen LogP contribution >= 0.6 is 0 Å². The van der Waals surface area contributed by atoms with Gasteiger partial charge >= 0.3 is 0 Å². The quantitative estimate of drug-likeness (QED) is 0.673. The lowest BCUT2D eigenvalue weighted by Crippen LogP contribution is -2.35. The molecule has 1 fully saturated rings. The van der Waals surface area contributed by atoms with Crippen LogP contribution in [0.25, 0.3) is 0 Å². The third kappa shape index (κ3) is 5.36. The zero-order chi connectivity index (χ0) is 22.6. The summed E-state index contributed by atoms with van der Waals surface area (Å²) in [6, 6.07) is 11.6. The first-order chi connectivity index (χ1) is 14.6. The highest BCUT2D eigenvalue weighted by atomic mass is 32.2. The van der Waals surface area contributed by atoms with Crippen molar-refractivity contribution in [3.8, 4) is 11.8 Å². The summed E-state index contributed by atoms with van der Waals surface area (Å²) in [4.78, 5) is -0.0469. The first-order valence-corrected chi connectivity index (χ1v) is 12.9. The summed E-state index contributed by atoms with van der Waals surface area (Å²) in [5, 5.41) is 8.91. The summed E-state index contributed by atoms with van der Waals surface area (Å²) in [5.74, 6) is 0.227. The molecular weight excluding hydrogens is 438 g/mol. The maximum atomic E-state index is 13.1. The normalized spacial score (nSPS) is 15.4. The Hall–Kier alpha value is -2.61. The number of hydrogen-bond acceptors (Lipinski definition) is 6. The van der Waals surface area contributed by atoms with E-state index in [0.717, 1.165) is 19.3 Å². The van der Waals surface area contributed by atoms with Gasteiger partial charge in [-0.2, -0.15) is 9.57 Å². The van der Waals surface area contributed by atoms with Crippen LogP contribution in [0.2, 0.25) is 0 Å². The number of nitriles is 1. The minimum Gasteiger partial charge on any atom is -0.489 e. The molecule has 0 unspecified atom stereocenters. The zero-order valence-corrected chi connectivity index (χ0v) is 19.0. The van der Waals surface area contributed by atoms with Gasteiger partial charge in [-0.25, -0.2) is 16.8 Å². The SMILES string of the molecule is CC(C)Oc1ccc(S(=O)(=O)N2CCCCC2)cc1NS(=O)(=O)c1ccc(C#N)cc1. The highest BCUT2D eigenvalue weighted by molar-refractivity contribution is 7.92. The van der Waals surface area contributed by atoms with E-state index >= 15 is 0 Å². The lowest BCUT2D eigenvalue weighted by molar-refractivity contribution is 0.243.